The fourth-order valence-electron chi connectivity index (χ4n) is 4.38. The highest BCUT2D eigenvalue weighted by atomic mass is 15.1. The van der Waals surface area contributed by atoms with Gasteiger partial charge in [-0.05, 0) is 37.5 Å². The maximum atomic E-state index is 5.25. The van der Waals surface area contributed by atoms with Crippen LogP contribution < -0.4 is 0 Å². The van der Waals surface area contributed by atoms with Crippen LogP contribution in [0.5, 0.6) is 0 Å². The first kappa shape index (κ1) is 18.7. The molecule has 0 N–H and O–H groups in total. The second-order valence-electron chi connectivity index (χ2n) is 8.50. The fraction of sp³-hybridized carbons (Fsp3) is 0.905. The van der Waals surface area contributed by atoms with Crippen molar-refractivity contribution in [2.24, 2.45) is 33.7 Å². The van der Waals surface area contributed by atoms with Crippen molar-refractivity contribution in [3.05, 3.63) is 0 Å². The lowest BCUT2D eigenvalue weighted by atomic mass is 9.69. The molecule has 0 aromatic carbocycles. The summed E-state index contributed by atoms with van der Waals surface area (Å²) in [5.74, 6) is 2.33. The zero-order valence-electron chi connectivity index (χ0n) is 15.9. The van der Waals surface area contributed by atoms with Crippen LogP contribution in [0.3, 0.4) is 0 Å². The molecule has 0 aliphatic heterocycles. The Kier molecular flexibility index (Phi) is 7.30. The number of hydrogen-bond donors (Lipinski definition) is 0. The number of aliphatic imine (C=N–C) groups is 2. The minimum Gasteiger partial charge on any atom is -0.267 e. The first-order valence-corrected chi connectivity index (χ1v) is 10.2. The molecule has 2 heteroatoms. The molecule has 0 aromatic rings. The number of nitrogens with zero attached hydrogens (tertiary/aromatic N) is 2. The second kappa shape index (κ2) is 8.99. The van der Waals surface area contributed by atoms with Crippen molar-refractivity contribution in [2.45, 2.75) is 97.6 Å². The maximum Gasteiger partial charge on any atom is 0.154 e. The minimum absolute atomic E-state index is 0.157. The predicted molar refractivity (Wildman–Crippen MR) is 103 cm³/mol. The van der Waals surface area contributed by atoms with Gasteiger partial charge < -0.3 is 0 Å². The van der Waals surface area contributed by atoms with Crippen LogP contribution in [0.2, 0.25) is 0 Å². The predicted octanol–water partition coefficient (Wildman–Crippen LogP) is 6.30. The van der Waals surface area contributed by atoms with Crippen LogP contribution in [0.1, 0.15) is 91.9 Å². The maximum absolute atomic E-state index is 5.25. The Morgan fingerprint density at radius 3 is 1.30 bits per heavy atom. The highest BCUT2D eigenvalue weighted by Gasteiger charge is 2.45. The third-order valence-electron chi connectivity index (χ3n) is 5.57. The Morgan fingerprint density at radius 1 is 0.652 bits per heavy atom. The molecule has 2 aliphatic carbocycles. The van der Waals surface area contributed by atoms with Gasteiger partial charge in [0.05, 0.1) is 0 Å². The van der Waals surface area contributed by atoms with Gasteiger partial charge in [0.2, 0.25) is 0 Å². The van der Waals surface area contributed by atoms with Crippen molar-refractivity contribution >= 4 is 12.4 Å². The van der Waals surface area contributed by atoms with Crippen molar-refractivity contribution < 1.29 is 0 Å². The van der Waals surface area contributed by atoms with Crippen molar-refractivity contribution in [3.8, 4) is 0 Å². The minimum atomic E-state index is -0.157. The standard InChI is InChI=1S/C21H38N2/c1-17(2)15-22-21(23-16-18(3)4,19-11-7-5-8-12-19)20-13-9-6-10-14-20/h15-20H,5-14H2,1-4H3. The van der Waals surface area contributed by atoms with E-state index in [0.29, 0.717) is 23.7 Å². The molecule has 0 atom stereocenters. The molecule has 0 saturated heterocycles. The lowest BCUT2D eigenvalue weighted by Crippen LogP contribution is -2.44. The fourth-order valence-corrected chi connectivity index (χ4v) is 4.38. The van der Waals surface area contributed by atoms with Gasteiger partial charge in [-0.1, -0.05) is 66.2 Å². The van der Waals surface area contributed by atoms with Crippen LogP contribution in [0, 0.1) is 23.7 Å². The highest BCUT2D eigenvalue weighted by molar-refractivity contribution is 5.63. The molecule has 132 valence electrons. The van der Waals surface area contributed by atoms with E-state index in [0.717, 1.165) is 0 Å². The van der Waals surface area contributed by atoms with Gasteiger partial charge in [0.1, 0.15) is 0 Å². The summed E-state index contributed by atoms with van der Waals surface area (Å²) < 4.78 is 0. The van der Waals surface area contributed by atoms with E-state index >= 15 is 0 Å². The van der Waals surface area contributed by atoms with Gasteiger partial charge in [0, 0.05) is 24.3 Å². The van der Waals surface area contributed by atoms with E-state index in [1.54, 1.807) is 0 Å². The summed E-state index contributed by atoms with van der Waals surface area (Å²) in [6, 6.07) is 0. The van der Waals surface area contributed by atoms with Gasteiger partial charge in [-0.25, -0.2) is 0 Å². The van der Waals surface area contributed by atoms with Gasteiger partial charge in [-0.15, -0.1) is 0 Å². The monoisotopic (exact) mass is 318 g/mol. The molecule has 2 fully saturated rings. The van der Waals surface area contributed by atoms with E-state index in [2.05, 4.69) is 40.1 Å². The third-order valence-corrected chi connectivity index (χ3v) is 5.57. The Morgan fingerprint density at radius 2 is 1.00 bits per heavy atom. The average molecular weight is 319 g/mol. The average Bonchev–Trinajstić information content (AvgIpc) is 2.56. The molecule has 0 amide bonds. The van der Waals surface area contributed by atoms with E-state index in [-0.39, 0.29) is 5.66 Å². The normalized spacial score (nSPS) is 22.9. The summed E-state index contributed by atoms with van der Waals surface area (Å²) in [5, 5.41) is 0. The smallest absolute Gasteiger partial charge is 0.154 e. The zero-order valence-corrected chi connectivity index (χ0v) is 15.9. The second-order valence-corrected chi connectivity index (χ2v) is 8.50. The van der Waals surface area contributed by atoms with E-state index in [9.17, 15) is 0 Å². The summed E-state index contributed by atoms with van der Waals surface area (Å²) in [7, 11) is 0. The summed E-state index contributed by atoms with van der Waals surface area (Å²) in [4.78, 5) is 10.5. The molecule has 23 heavy (non-hydrogen) atoms. The molecule has 0 radical (unpaired) electrons. The topological polar surface area (TPSA) is 24.7 Å². The van der Waals surface area contributed by atoms with Gasteiger partial charge >= 0.3 is 0 Å². The van der Waals surface area contributed by atoms with Crippen LogP contribution in [-0.4, -0.2) is 18.1 Å². The Labute approximate surface area is 144 Å². The molecular weight excluding hydrogens is 280 g/mol. The Balaban J connectivity index is 2.36. The van der Waals surface area contributed by atoms with E-state index < -0.39 is 0 Å². The molecule has 0 unspecified atom stereocenters. The third kappa shape index (κ3) is 5.16. The van der Waals surface area contributed by atoms with Crippen LogP contribution in [0.15, 0.2) is 9.98 Å². The van der Waals surface area contributed by atoms with Crippen LogP contribution >= 0.6 is 0 Å². The molecule has 2 aliphatic rings. The molecule has 0 heterocycles. The molecule has 0 spiro atoms. The first-order chi connectivity index (χ1) is 11.0. The molecule has 0 bridgehead atoms. The molecule has 2 saturated carbocycles. The summed E-state index contributed by atoms with van der Waals surface area (Å²) in [6.45, 7) is 8.95. The number of rotatable bonds is 6. The van der Waals surface area contributed by atoms with Crippen LogP contribution in [0.4, 0.5) is 0 Å². The van der Waals surface area contributed by atoms with Gasteiger partial charge in [-0.3, -0.25) is 9.98 Å². The van der Waals surface area contributed by atoms with Crippen molar-refractivity contribution in [2.75, 3.05) is 0 Å². The molecular formula is C21H38N2. The van der Waals surface area contributed by atoms with E-state index in [1.807, 2.05) is 0 Å². The zero-order chi connectivity index (χ0) is 16.7. The Hall–Kier alpha value is -0.660. The molecule has 2 rings (SSSR count). The van der Waals surface area contributed by atoms with Crippen molar-refractivity contribution in [1.29, 1.82) is 0 Å². The van der Waals surface area contributed by atoms with Gasteiger partial charge in [0.15, 0.2) is 5.66 Å². The summed E-state index contributed by atoms with van der Waals surface area (Å²) in [5.41, 5.74) is -0.157. The summed E-state index contributed by atoms with van der Waals surface area (Å²) >= 11 is 0. The lowest BCUT2D eigenvalue weighted by Gasteiger charge is -2.44. The van der Waals surface area contributed by atoms with Crippen molar-refractivity contribution in [1.82, 2.24) is 0 Å². The van der Waals surface area contributed by atoms with Gasteiger partial charge in [0.25, 0.3) is 0 Å². The quantitative estimate of drug-likeness (QED) is 0.514. The van der Waals surface area contributed by atoms with Crippen molar-refractivity contribution in [3.63, 3.8) is 0 Å². The molecule has 2 nitrogen and oxygen atoms in total. The van der Waals surface area contributed by atoms with E-state index in [1.165, 1.54) is 64.2 Å². The SMILES string of the molecule is CC(C)C=NC(N=CC(C)C)(C1CCCCC1)C1CCCCC1. The Bertz CT molecular complexity index is 345. The largest absolute Gasteiger partial charge is 0.267 e. The van der Waals surface area contributed by atoms with Gasteiger partial charge in [-0.2, -0.15) is 0 Å². The molecule has 0 aromatic heterocycles. The summed E-state index contributed by atoms with van der Waals surface area (Å²) in [6.07, 6.45) is 18.0. The lowest BCUT2D eigenvalue weighted by molar-refractivity contribution is 0.116. The highest BCUT2D eigenvalue weighted by Crippen LogP contribution is 2.46. The van der Waals surface area contributed by atoms with Crippen LogP contribution in [-0.2, 0) is 0 Å². The van der Waals surface area contributed by atoms with E-state index in [4.69, 9.17) is 9.98 Å². The van der Waals surface area contributed by atoms with Crippen LogP contribution in [0.25, 0.3) is 0 Å². The first-order valence-electron chi connectivity index (χ1n) is 10.2. The number of hydrogen-bond acceptors (Lipinski definition) is 2.